The van der Waals surface area contributed by atoms with Crippen LogP contribution in [-0.4, -0.2) is 16.1 Å². The fourth-order valence-electron chi connectivity index (χ4n) is 2.49. The number of hydrogen-bond donors (Lipinski definition) is 1. The summed E-state index contributed by atoms with van der Waals surface area (Å²) in [5.41, 5.74) is 10.3. The van der Waals surface area contributed by atoms with Crippen molar-refractivity contribution in [2.75, 3.05) is 6.54 Å². The summed E-state index contributed by atoms with van der Waals surface area (Å²) < 4.78 is 2.22. The third-order valence-corrected chi connectivity index (χ3v) is 3.33. The Labute approximate surface area is 112 Å². The van der Waals surface area contributed by atoms with E-state index in [1.54, 1.807) is 0 Å². The van der Waals surface area contributed by atoms with E-state index in [0.717, 1.165) is 23.4 Å². The SMILES string of the molecule is Cc1cccc2nc(CCN)n(-c3ccccc3)c12. The van der Waals surface area contributed by atoms with E-state index in [0.29, 0.717) is 6.54 Å². The van der Waals surface area contributed by atoms with E-state index in [-0.39, 0.29) is 0 Å². The van der Waals surface area contributed by atoms with Gasteiger partial charge in [0.2, 0.25) is 0 Å². The topological polar surface area (TPSA) is 43.8 Å². The summed E-state index contributed by atoms with van der Waals surface area (Å²) in [5.74, 6) is 1.03. The lowest BCUT2D eigenvalue weighted by atomic mass is 10.2. The molecule has 0 atom stereocenters. The van der Waals surface area contributed by atoms with Crippen molar-refractivity contribution in [3.05, 3.63) is 59.9 Å². The van der Waals surface area contributed by atoms with Crippen LogP contribution in [-0.2, 0) is 6.42 Å². The van der Waals surface area contributed by atoms with Gasteiger partial charge in [-0.3, -0.25) is 4.57 Å². The Kier molecular flexibility index (Phi) is 3.05. The lowest BCUT2D eigenvalue weighted by Crippen LogP contribution is -2.09. The second kappa shape index (κ2) is 4.86. The van der Waals surface area contributed by atoms with Crippen LogP contribution in [0.4, 0.5) is 0 Å². The summed E-state index contributed by atoms with van der Waals surface area (Å²) in [6, 6.07) is 16.6. The van der Waals surface area contributed by atoms with Crippen LogP contribution in [0.1, 0.15) is 11.4 Å². The van der Waals surface area contributed by atoms with E-state index in [4.69, 9.17) is 10.7 Å². The van der Waals surface area contributed by atoms with Crippen LogP contribution in [0.15, 0.2) is 48.5 Å². The first-order valence-corrected chi connectivity index (χ1v) is 6.53. The molecule has 0 aliphatic heterocycles. The Morgan fingerprint density at radius 3 is 2.58 bits per heavy atom. The Morgan fingerprint density at radius 2 is 1.84 bits per heavy atom. The monoisotopic (exact) mass is 251 g/mol. The highest BCUT2D eigenvalue weighted by Crippen LogP contribution is 2.24. The van der Waals surface area contributed by atoms with Crippen molar-refractivity contribution in [2.24, 2.45) is 5.73 Å². The fourth-order valence-corrected chi connectivity index (χ4v) is 2.49. The number of nitrogens with two attached hydrogens (primary N) is 1. The number of aryl methyl sites for hydroxylation is 1. The number of imidazole rings is 1. The number of benzene rings is 2. The van der Waals surface area contributed by atoms with Crippen molar-refractivity contribution >= 4 is 11.0 Å². The van der Waals surface area contributed by atoms with Crippen molar-refractivity contribution in [3.8, 4) is 5.69 Å². The van der Waals surface area contributed by atoms with E-state index >= 15 is 0 Å². The largest absolute Gasteiger partial charge is 0.330 e. The number of nitrogens with zero attached hydrogens (tertiary/aromatic N) is 2. The average Bonchev–Trinajstić information content (AvgIpc) is 2.80. The molecular formula is C16H17N3. The van der Waals surface area contributed by atoms with Crippen LogP contribution in [0, 0.1) is 6.92 Å². The minimum absolute atomic E-state index is 0.606. The molecule has 0 aliphatic rings. The summed E-state index contributed by atoms with van der Waals surface area (Å²) in [6.07, 6.45) is 0.781. The zero-order chi connectivity index (χ0) is 13.2. The van der Waals surface area contributed by atoms with Gasteiger partial charge in [0.05, 0.1) is 11.0 Å². The van der Waals surface area contributed by atoms with Crippen LogP contribution in [0.25, 0.3) is 16.7 Å². The highest BCUT2D eigenvalue weighted by atomic mass is 15.1. The Morgan fingerprint density at radius 1 is 1.05 bits per heavy atom. The normalized spacial score (nSPS) is 11.1. The predicted octanol–water partition coefficient (Wildman–Crippen LogP) is 2.84. The molecule has 3 heteroatoms. The lowest BCUT2D eigenvalue weighted by Gasteiger charge is -2.09. The maximum atomic E-state index is 5.71. The van der Waals surface area contributed by atoms with Gasteiger partial charge in [-0.15, -0.1) is 0 Å². The molecule has 0 aliphatic carbocycles. The van der Waals surface area contributed by atoms with Crippen molar-refractivity contribution in [1.29, 1.82) is 0 Å². The van der Waals surface area contributed by atoms with Gasteiger partial charge in [0.1, 0.15) is 5.82 Å². The van der Waals surface area contributed by atoms with Gasteiger partial charge in [-0.25, -0.2) is 4.98 Å². The van der Waals surface area contributed by atoms with Gasteiger partial charge in [0, 0.05) is 12.1 Å². The molecular weight excluding hydrogens is 234 g/mol. The highest BCUT2D eigenvalue weighted by Gasteiger charge is 2.12. The van der Waals surface area contributed by atoms with Gasteiger partial charge < -0.3 is 5.73 Å². The fraction of sp³-hybridized carbons (Fsp3) is 0.188. The number of rotatable bonds is 3. The van der Waals surface area contributed by atoms with E-state index in [2.05, 4.69) is 35.8 Å². The van der Waals surface area contributed by atoms with E-state index in [1.165, 1.54) is 11.1 Å². The van der Waals surface area contributed by atoms with Gasteiger partial charge >= 0.3 is 0 Å². The predicted molar refractivity (Wildman–Crippen MR) is 78.6 cm³/mol. The molecule has 0 unspecified atom stereocenters. The molecule has 0 amide bonds. The Hall–Kier alpha value is -2.13. The summed E-state index contributed by atoms with van der Waals surface area (Å²) in [6.45, 7) is 2.73. The molecule has 1 aromatic heterocycles. The van der Waals surface area contributed by atoms with Gasteiger partial charge in [-0.05, 0) is 37.2 Å². The zero-order valence-electron chi connectivity index (χ0n) is 11.0. The van der Waals surface area contributed by atoms with E-state index < -0.39 is 0 Å². The first-order chi connectivity index (χ1) is 9.31. The standard InChI is InChI=1S/C16H17N3/c1-12-6-5-9-14-16(12)19(15(18-14)10-11-17)13-7-3-2-4-8-13/h2-9H,10-11,17H2,1H3. The van der Waals surface area contributed by atoms with Crippen LogP contribution >= 0.6 is 0 Å². The van der Waals surface area contributed by atoms with E-state index in [1.807, 2.05) is 24.3 Å². The van der Waals surface area contributed by atoms with Crippen molar-refractivity contribution in [2.45, 2.75) is 13.3 Å². The van der Waals surface area contributed by atoms with Crippen LogP contribution in [0.5, 0.6) is 0 Å². The first-order valence-electron chi connectivity index (χ1n) is 6.53. The second-order valence-electron chi connectivity index (χ2n) is 4.68. The third-order valence-electron chi connectivity index (χ3n) is 3.33. The second-order valence-corrected chi connectivity index (χ2v) is 4.68. The molecule has 3 nitrogen and oxygen atoms in total. The van der Waals surface area contributed by atoms with Gasteiger partial charge in [0.15, 0.2) is 0 Å². The molecule has 3 aromatic rings. The quantitative estimate of drug-likeness (QED) is 0.778. The van der Waals surface area contributed by atoms with Crippen molar-refractivity contribution in [3.63, 3.8) is 0 Å². The molecule has 1 heterocycles. The summed E-state index contributed by atoms with van der Waals surface area (Å²) >= 11 is 0. The summed E-state index contributed by atoms with van der Waals surface area (Å²) in [5, 5.41) is 0. The maximum Gasteiger partial charge on any atom is 0.115 e. The molecule has 0 radical (unpaired) electrons. The molecule has 19 heavy (non-hydrogen) atoms. The molecule has 2 N–H and O–H groups in total. The van der Waals surface area contributed by atoms with Crippen LogP contribution < -0.4 is 5.73 Å². The molecule has 0 spiro atoms. The smallest absolute Gasteiger partial charge is 0.115 e. The number of hydrogen-bond acceptors (Lipinski definition) is 2. The lowest BCUT2D eigenvalue weighted by molar-refractivity contribution is 0.847. The number of aromatic nitrogens is 2. The first kappa shape index (κ1) is 11.9. The molecule has 0 bridgehead atoms. The minimum atomic E-state index is 0.606. The van der Waals surface area contributed by atoms with Crippen LogP contribution in [0.3, 0.4) is 0 Å². The maximum absolute atomic E-state index is 5.71. The Bertz CT molecular complexity index is 699. The highest BCUT2D eigenvalue weighted by molar-refractivity contribution is 5.81. The molecule has 2 aromatic carbocycles. The molecule has 0 saturated carbocycles. The van der Waals surface area contributed by atoms with Gasteiger partial charge in [-0.1, -0.05) is 30.3 Å². The van der Waals surface area contributed by atoms with Crippen molar-refractivity contribution in [1.82, 2.24) is 9.55 Å². The van der Waals surface area contributed by atoms with Crippen molar-refractivity contribution < 1.29 is 0 Å². The number of fused-ring (bicyclic) bond motifs is 1. The zero-order valence-corrected chi connectivity index (χ0v) is 11.0. The molecule has 96 valence electrons. The molecule has 0 saturated heterocycles. The summed E-state index contributed by atoms with van der Waals surface area (Å²) in [4.78, 5) is 4.72. The molecule has 3 rings (SSSR count). The average molecular weight is 251 g/mol. The minimum Gasteiger partial charge on any atom is -0.330 e. The Balaban J connectivity index is 2.33. The third kappa shape index (κ3) is 2.02. The van der Waals surface area contributed by atoms with Gasteiger partial charge in [-0.2, -0.15) is 0 Å². The van der Waals surface area contributed by atoms with Gasteiger partial charge in [0.25, 0.3) is 0 Å². The van der Waals surface area contributed by atoms with Crippen LogP contribution in [0.2, 0.25) is 0 Å². The van der Waals surface area contributed by atoms with E-state index in [9.17, 15) is 0 Å². The number of para-hydroxylation sites is 2. The summed E-state index contributed by atoms with van der Waals surface area (Å²) in [7, 11) is 0. The molecule has 0 fully saturated rings.